The largest absolute Gasteiger partial charge is 0.497 e. The van der Waals surface area contributed by atoms with Crippen LogP contribution in [0.15, 0.2) is 24.3 Å². The third-order valence-electron chi connectivity index (χ3n) is 4.84. The third-order valence-corrected chi connectivity index (χ3v) is 4.84. The quantitative estimate of drug-likeness (QED) is 0.862. The summed E-state index contributed by atoms with van der Waals surface area (Å²) >= 11 is 0. The first kappa shape index (κ1) is 18.5. The summed E-state index contributed by atoms with van der Waals surface area (Å²) in [7, 11) is 1.64. The number of aryl methyl sites for hydroxylation is 1. The molecule has 0 bridgehead atoms. The summed E-state index contributed by atoms with van der Waals surface area (Å²) in [6, 6.07) is 7.86. The number of aromatic amines is 1. The van der Waals surface area contributed by atoms with Crippen molar-refractivity contribution in [2.24, 2.45) is 0 Å². The average molecular weight is 357 g/mol. The normalized spacial score (nSPS) is 19.2. The fourth-order valence-corrected chi connectivity index (χ4v) is 3.45. The van der Waals surface area contributed by atoms with Crippen molar-refractivity contribution in [2.45, 2.75) is 51.7 Å². The number of amides is 1. The van der Waals surface area contributed by atoms with Gasteiger partial charge in [-0.1, -0.05) is 0 Å². The van der Waals surface area contributed by atoms with Crippen molar-refractivity contribution in [3.63, 3.8) is 0 Å². The zero-order valence-corrected chi connectivity index (χ0v) is 15.9. The second-order valence-electron chi connectivity index (χ2n) is 7.45. The van der Waals surface area contributed by atoms with Crippen molar-refractivity contribution >= 4 is 5.91 Å². The Hall–Kier alpha value is -2.34. The van der Waals surface area contributed by atoms with Crippen LogP contribution in [0.1, 0.15) is 37.9 Å². The molecule has 26 heavy (non-hydrogen) atoms. The van der Waals surface area contributed by atoms with Crippen molar-refractivity contribution in [1.82, 2.24) is 15.5 Å². The molecule has 1 amide bonds. The number of benzene rings is 1. The Bertz CT molecular complexity index is 765. The highest BCUT2D eigenvalue weighted by Crippen LogP contribution is 2.27. The van der Waals surface area contributed by atoms with Gasteiger partial charge in [0, 0.05) is 29.5 Å². The van der Waals surface area contributed by atoms with Gasteiger partial charge in [-0.3, -0.25) is 9.89 Å². The van der Waals surface area contributed by atoms with Crippen LogP contribution in [0, 0.1) is 6.92 Å². The molecular weight excluding hydrogens is 330 g/mol. The molecule has 1 aliphatic heterocycles. The van der Waals surface area contributed by atoms with Crippen LogP contribution in [-0.2, 0) is 16.0 Å². The number of ether oxygens (including phenoxy) is 2. The lowest BCUT2D eigenvalue weighted by atomic mass is 9.93. The van der Waals surface area contributed by atoms with E-state index < -0.39 is 0 Å². The van der Waals surface area contributed by atoms with Crippen LogP contribution in [0.3, 0.4) is 0 Å². The Morgan fingerprint density at radius 1 is 1.38 bits per heavy atom. The van der Waals surface area contributed by atoms with E-state index >= 15 is 0 Å². The van der Waals surface area contributed by atoms with Gasteiger partial charge in [-0.05, 0) is 57.9 Å². The SMILES string of the molecule is COc1ccc(-c2n[nH]c(C)c2CC(=O)N[C@@H]2CCOC(C)(C)C2)cc1. The summed E-state index contributed by atoms with van der Waals surface area (Å²) in [5, 5.41) is 10.6. The Balaban J connectivity index is 1.71. The molecule has 1 aromatic carbocycles. The predicted molar refractivity (Wildman–Crippen MR) is 100 cm³/mol. The second kappa shape index (κ2) is 7.50. The first-order valence-corrected chi connectivity index (χ1v) is 8.99. The molecule has 6 heteroatoms. The summed E-state index contributed by atoms with van der Waals surface area (Å²) in [5.74, 6) is 0.814. The molecule has 2 heterocycles. The number of rotatable bonds is 5. The number of H-pyrrole nitrogens is 1. The molecule has 0 saturated carbocycles. The number of hydrogen-bond acceptors (Lipinski definition) is 4. The lowest BCUT2D eigenvalue weighted by Gasteiger charge is -2.35. The van der Waals surface area contributed by atoms with E-state index in [2.05, 4.69) is 29.4 Å². The maximum atomic E-state index is 12.6. The van der Waals surface area contributed by atoms with E-state index in [1.165, 1.54) is 0 Å². The molecule has 0 aliphatic carbocycles. The van der Waals surface area contributed by atoms with Crippen LogP contribution in [0.5, 0.6) is 5.75 Å². The highest BCUT2D eigenvalue weighted by atomic mass is 16.5. The minimum atomic E-state index is -0.185. The number of methoxy groups -OCH3 is 1. The van der Waals surface area contributed by atoms with Gasteiger partial charge in [0.2, 0.25) is 5.91 Å². The van der Waals surface area contributed by atoms with E-state index in [0.29, 0.717) is 13.0 Å². The minimum Gasteiger partial charge on any atom is -0.497 e. The first-order valence-electron chi connectivity index (χ1n) is 8.99. The van der Waals surface area contributed by atoms with Crippen molar-refractivity contribution in [3.05, 3.63) is 35.5 Å². The molecule has 1 fully saturated rings. The molecule has 0 spiro atoms. The number of carbonyl (C=O) groups is 1. The van der Waals surface area contributed by atoms with Crippen molar-refractivity contribution < 1.29 is 14.3 Å². The Morgan fingerprint density at radius 3 is 2.77 bits per heavy atom. The summed E-state index contributed by atoms with van der Waals surface area (Å²) < 4.78 is 10.9. The van der Waals surface area contributed by atoms with Gasteiger partial charge in [-0.2, -0.15) is 5.10 Å². The highest BCUT2D eigenvalue weighted by Gasteiger charge is 2.30. The molecule has 2 aromatic rings. The Labute approximate surface area is 154 Å². The standard InChI is InChI=1S/C20H27N3O3/c1-13-17(11-18(24)21-15-9-10-26-20(2,3)12-15)19(23-22-13)14-5-7-16(25-4)8-6-14/h5-8,15H,9-12H2,1-4H3,(H,21,24)(H,22,23)/t15-/m1/s1. The molecule has 0 radical (unpaired) electrons. The predicted octanol–water partition coefficient (Wildman–Crippen LogP) is 3.01. The zero-order chi connectivity index (χ0) is 18.7. The molecule has 2 N–H and O–H groups in total. The van der Waals surface area contributed by atoms with Crippen molar-refractivity contribution in [3.8, 4) is 17.0 Å². The van der Waals surface area contributed by atoms with E-state index in [4.69, 9.17) is 9.47 Å². The van der Waals surface area contributed by atoms with Gasteiger partial charge in [-0.25, -0.2) is 0 Å². The van der Waals surface area contributed by atoms with Crippen LogP contribution >= 0.6 is 0 Å². The van der Waals surface area contributed by atoms with Gasteiger partial charge < -0.3 is 14.8 Å². The van der Waals surface area contributed by atoms with Crippen LogP contribution in [0.4, 0.5) is 0 Å². The number of carbonyl (C=O) groups excluding carboxylic acids is 1. The van der Waals surface area contributed by atoms with Gasteiger partial charge in [0.15, 0.2) is 0 Å². The average Bonchev–Trinajstić information content (AvgIpc) is 2.95. The summed E-state index contributed by atoms with van der Waals surface area (Å²) in [6.45, 7) is 6.75. The van der Waals surface area contributed by atoms with Crippen LogP contribution in [0.2, 0.25) is 0 Å². The molecule has 3 rings (SSSR count). The maximum Gasteiger partial charge on any atom is 0.224 e. The molecule has 1 aromatic heterocycles. The maximum absolute atomic E-state index is 12.6. The second-order valence-corrected chi connectivity index (χ2v) is 7.45. The molecule has 6 nitrogen and oxygen atoms in total. The fraction of sp³-hybridized carbons (Fsp3) is 0.500. The lowest BCUT2D eigenvalue weighted by Crippen LogP contribution is -2.46. The van der Waals surface area contributed by atoms with E-state index in [9.17, 15) is 4.79 Å². The number of nitrogens with one attached hydrogen (secondary N) is 2. The Kier molecular flexibility index (Phi) is 5.32. The van der Waals surface area contributed by atoms with E-state index in [-0.39, 0.29) is 17.6 Å². The summed E-state index contributed by atoms with van der Waals surface area (Å²) in [6.07, 6.45) is 1.99. The monoisotopic (exact) mass is 357 g/mol. The summed E-state index contributed by atoms with van der Waals surface area (Å²) in [5.41, 5.74) is 3.44. The number of aromatic nitrogens is 2. The van der Waals surface area contributed by atoms with Gasteiger partial charge in [0.05, 0.1) is 24.8 Å². The molecule has 1 atom stereocenters. The van der Waals surface area contributed by atoms with E-state index in [1.807, 2.05) is 31.2 Å². The molecular formula is C20H27N3O3. The molecule has 1 aliphatic rings. The van der Waals surface area contributed by atoms with Crippen LogP contribution < -0.4 is 10.1 Å². The molecule has 140 valence electrons. The van der Waals surface area contributed by atoms with Gasteiger partial charge in [0.1, 0.15) is 5.75 Å². The zero-order valence-electron chi connectivity index (χ0n) is 15.9. The fourth-order valence-electron chi connectivity index (χ4n) is 3.45. The molecule has 1 saturated heterocycles. The van der Waals surface area contributed by atoms with E-state index in [1.54, 1.807) is 7.11 Å². The first-order chi connectivity index (χ1) is 12.4. The van der Waals surface area contributed by atoms with Crippen LogP contribution in [0.25, 0.3) is 11.3 Å². The summed E-state index contributed by atoms with van der Waals surface area (Å²) in [4.78, 5) is 12.6. The minimum absolute atomic E-state index is 0.0203. The van der Waals surface area contributed by atoms with Gasteiger partial charge in [-0.15, -0.1) is 0 Å². The van der Waals surface area contributed by atoms with Gasteiger partial charge >= 0.3 is 0 Å². The van der Waals surface area contributed by atoms with Crippen molar-refractivity contribution in [2.75, 3.05) is 13.7 Å². The molecule has 0 unspecified atom stereocenters. The van der Waals surface area contributed by atoms with Crippen LogP contribution in [-0.4, -0.2) is 41.5 Å². The number of hydrogen-bond donors (Lipinski definition) is 2. The van der Waals surface area contributed by atoms with E-state index in [0.717, 1.165) is 41.1 Å². The smallest absolute Gasteiger partial charge is 0.224 e. The topological polar surface area (TPSA) is 76.2 Å². The third kappa shape index (κ3) is 4.25. The van der Waals surface area contributed by atoms with Crippen molar-refractivity contribution in [1.29, 1.82) is 0 Å². The highest BCUT2D eigenvalue weighted by molar-refractivity contribution is 5.82. The van der Waals surface area contributed by atoms with Gasteiger partial charge in [0.25, 0.3) is 0 Å². The number of nitrogens with zero attached hydrogens (tertiary/aromatic N) is 1. The lowest BCUT2D eigenvalue weighted by molar-refractivity contribution is -0.123. The Morgan fingerprint density at radius 2 is 2.12 bits per heavy atom.